The third-order valence-electron chi connectivity index (χ3n) is 22.7. The van der Waals surface area contributed by atoms with Crippen LogP contribution < -0.4 is 10.6 Å². The monoisotopic (exact) mass is 1560 g/mol. The summed E-state index contributed by atoms with van der Waals surface area (Å²) < 4.78 is 35.0. The molecule has 0 radical (unpaired) electrons. The van der Waals surface area contributed by atoms with Crippen LogP contribution in [0.15, 0.2) is 12.2 Å². The molecule has 3 heterocycles. The standard InChI is InChI=1S/C86H162N2O21/c1-4-6-8-10-12-14-16-18-20-22-24-26-28-29-30-31-32-33-34-35-36-37-38-40-42-44-46-48-50-52-54-56-58-60-73(96)88-67(68(93)59-57-55-53-51-49-47-45-43-41-39-27-25-23-21-19-17-15-13-11-9-7-5-2)65-104-83-78(100)77(99)80(72(64-91)106-83)107-84-79(101)82(76(98)71(63-90)105-84)109-86(85(102)103)61-69(94)74(87-66(3)92)81(108-86)75(97)70(95)62-89/h29-30,67-72,74-84,89-91,93-95,97-101H,4-28,31-65H2,1-3H3,(H,87,92)(H,88,96)(H,102,103)/b30-29-. The van der Waals surface area contributed by atoms with Crippen molar-refractivity contribution in [2.45, 2.75) is 490 Å². The molecule has 3 saturated heterocycles. The van der Waals surface area contributed by atoms with Crippen molar-refractivity contribution in [3.8, 4) is 0 Å². The smallest absolute Gasteiger partial charge is 0.364 e. The molecule has 3 fully saturated rings. The van der Waals surface area contributed by atoms with E-state index in [4.69, 9.17) is 28.4 Å². The van der Waals surface area contributed by atoms with Crippen LogP contribution in [0.1, 0.15) is 380 Å². The van der Waals surface area contributed by atoms with Gasteiger partial charge in [0.1, 0.15) is 67.1 Å². The molecule has 0 aliphatic carbocycles. The second-order valence-corrected chi connectivity index (χ2v) is 32.5. The Hall–Kier alpha value is -2.53. The summed E-state index contributed by atoms with van der Waals surface area (Å²) in [6, 6.07) is -2.53. The van der Waals surface area contributed by atoms with Crippen molar-refractivity contribution in [3.05, 3.63) is 12.2 Å². The first kappa shape index (κ1) is 101. The molecule has 109 heavy (non-hydrogen) atoms. The van der Waals surface area contributed by atoms with Gasteiger partial charge >= 0.3 is 5.97 Å². The van der Waals surface area contributed by atoms with Gasteiger partial charge in [-0.25, -0.2) is 4.79 Å². The van der Waals surface area contributed by atoms with E-state index in [1.807, 2.05) is 0 Å². The van der Waals surface area contributed by atoms with Crippen molar-refractivity contribution >= 4 is 17.8 Å². The van der Waals surface area contributed by atoms with Crippen molar-refractivity contribution in [2.75, 3.05) is 26.4 Å². The largest absolute Gasteiger partial charge is 0.477 e. The van der Waals surface area contributed by atoms with E-state index in [1.165, 1.54) is 276 Å². The van der Waals surface area contributed by atoms with Crippen LogP contribution >= 0.6 is 0 Å². The number of aliphatic hydroxyl groups excluding tert-OH is 11. The minimum absolute atomic E-state index is 0.228. The Bertz CT molecular complexity index is 2210. The third kappa shape index (κ3) is 43.9. The second kappa shape index (κ2) is 64.6. The van der Waals surface area contributed by atoms with Gasteiger partial charge < -0.3 is 100 Å². The highest BCUT2D eigenvalue weighted by Crippen LogP contribution is 2.39. The number of aliphatic hydroxyl groups is 11. The van der Waals surface area contributed by atoms with Crippen LogP contribution in [0.4, 0.5) is 0 Å². The molecular formula is C86H162N2O21. The number of carboxylic acids is 1. The summed E-state index contributed by atoms with van der Waals surface area (Å²) in [7, 11) is 0. The van der Waals surface area contributed by atoms with Gasteiger partial charge in [-0.05, 0) is 38.5 Å². The Kier molecular flexibility index (Phi) is 59.7. The second-order valence-electron chi connectivity index (χ2n) is 32.5. The molecule has 18 unspecified atom stereocenters. The first-order valence-electron chi connectivity index (χ1n) is 44.5. The molecule has 3 aliphatic heterocycles. The summed E-state index contributed by atoms with van der Waals surface area (Å²) in [5.74, 6) is -6.09. The maximum Gasteiger partial charge on any atom is 0.364 e. The minimum atomic E-state index is -3.08. The molecule has 0 aromatic heterocycles. The summed E-state index contributed by atoms with van der Waals surface area (Å²) in [5, 5.41) is 137. The lowest BCUT2D eigenvalue weighted by atomic mass is 9.88. The van der Waals surface area contributed by atoms with Gasteiger partial charge in [0.2, 0.25) is 11.8 Å². The van der Waals surface area contributed by atoms with Crippen molar-refractivity contribution in [2.24, 2.45) is 0 Å². The van der Waals surface area contributed by atoms with Crippen LogP contribution in [-0.2, 0) is 42.8 Å². The van der Waals surface area contributed by atoms with Gasteiger partial charge in [-0.2, -0.15) is 0 Å². The van der Waals surface area contributed by atoms with Gasteiger partial charge in [-0.1, -0.05) is 334 Å². The molecule has 0 spiro atoms. The zero-order valence-corrected chi connectivity index (χ0v) is 68.4. The van der Waals surface area contributed by atoms with Crippen LogP contribution in [-0.4, -0.2) is 215 Å². The molecule has 2 amide bonds. The summed E-state index contributed by atoms with van der Waals surface area (Å²) in [4.78, 5) is 38.8. The zero-order valence-electron chi connectivity index (χ0n) is 68.4. The van der Waals surface area contributed by atoms with Crippen molar-refractivity contribution in [1.82, 2.24) is 10.6 Å². The highest BCUT2D eigenvalue weighted by atomic mass is 16.8. The first-order chi connectivity index (χ1) is 52.9. The lowest BCUT2D eigenvalue weighted by molar-refractivity contribution is -0.386. The number of amides is 2. The molecule has 14 N–H and O–H groups in total. The number of hydrogen-bond donors (Lipinski definition) is 14. The summed E-state index contributed by atoms with van der Waals surface area (Å²) in [6.45, 7) is 2.28. The molecule has 0 aromatic rings. The Labute approximate surface area is 658 Å². The summed E-state index contributed by atoms with van der Waals surface area (Å²) in [5.41, 5.74) is 0. The van der Waals surface area contributed by atoms with Gasteiger partial charge in [0.05, 0.1) is 50.7 Å². The quantitative estimate of drug-likeness (QED) is 0.0199. The van der Waals surface area contributed by atoms with Gasteiger partial charge in [0, 0.05) is 19.8 Å². The number of allylic oxidation sites excluding steroid dienone is 2. The van der Waals surface area contributed by atoms with Crippen LogP contribution in [0.5, 0.6) is 0 Å². The Morgan fingerprint density at radius 2 is 0.853 bits per heavy atom. The maximum absolute atomic E-state index is 13.6. The molecule has 23 heteroatoms. The molecule has 3 rings (SSSR count). The average molecular weight is 1560 g/mol. The number of nitrogens with one attached hydrogen (secondary N) is 2. The van der Waals surface area contributed by atoms with Crippen LogP contribution in [0.3, 0.4) is 0 Å². The Morgan fingerprint density at radius 1 is 0.468 bits per heavy atom. The summed E-state index contributed by atoms with van der Waals surface area (Å²) in [6.07, 6.45) is 43.6. The van der Waals surface area contributed by atoms with Crippen LogP contribution in [0.25, 0.3) is 0 Å². The van der Waals surface area contributed by atoms with Gasteiger partial charge in [0.25, 0.3) is 5.79 Å². The number of carboxylic acid groups (broad SMARTS) is 1. The predicted molar refractivity (Wildman–Crippen MR) is 426 cm³/mol. The van der Waals surface area contributed by atoms with Crippen LogP contribution in [0, 0.1) is 0 Å². The molecule has 3 aliphatic rings. The highest BCUT2D eigenvalue weighted by molar-refractivity contribution is 5.77. The fourth-order valence-electron chi connectivity index (χ4n) is 15.7. The van der Waals surface area contributed by atoms with Crippen LogP contribution in [0.2, 0.25) is 0 Å². The van der Waals surface area contributed by atoms with Crippen molar-refractivity contribution in [3.63, 3.8) is 0 Å². The zero-order chi connectivity index (χ0) is 79.5. The molecule has 0 saturated carbocycles. The topological polar surface area (TPSA) is 373 Å². The number of carbonyl (C=O) groups is 3. The number of rotatable bonds is 72. The van der Waals surface area contributed by atoms with Gasteiger partial charge in [0.15, 0.2) is 12.6 Å². The number of unbranched alkanes of at least 4 members (excludes halogenated alkanes) is 50. The van der Waals surface area contributed by atoms with E-state index >= 15 is 0 Å². The highest BCUT2D eigenvalue weighted by Gasteiger charge is 2.60. The average Bonchev–Trinajstić information content (AvgIpc) is 0.754. The van der Waals surface area contributed by atoms with E-state index in [0.29, 0.717) is 19.3 Å². The normalized spacial score (nSPS) is 25.7. The SMILES string of the molecule is CCCCCCCCCCCCCC/C=C\CCCCCCCCCCCCCCCCCCCC(=O)NC(COC1OC(CO)C(OC2OC(CO)C(O)C(OC3(C(=O)O)CC(O)C(NC(C)=O)C(C(O)C(O)CO)O3)C2O)C(O)C1O)C(O)CCCCCCCCCCCCCCCCCCCCCCCC. The number of carbonyl (C=O) groups excluding carboxylic acids is 2. The first-order valence-corrected chi connectivity index (χ1v) is 44.5. The number of aliphatic carboxylic acids is 1. The van der Waals surface area contributed by atoms with E-state index in [2.05, 4.69) is 36.6 Å². The lowest BCUT2D eigenvalue weighted by Gasteiger charge is -2.50. The Balaban J connectivity index is 1.45. The van der Waals surface area contributed by atoms with Crippen molar-refractivity contribution in [1.29, 1.82) is 0 Å². The van der Waals surface area contributed by atoms with Gasteiger partial charge in [-0.15, -0.1) is 0 Å². The lowest BCUT2D eigenvalue weighted by Crippen LogP contribution is -2.70. The molecular weight excluding hydrogens is 1400 g/mol. The maximum atomic E-state index is 13.6. The van der Waals surface area contributed by atoms with Crippen molar-refractivity contribution < 1.29 is 104 Å². The van der Waals surface area contributed by atoms with E-state index in [-0.39, 0.29) is 18.9 Å². The number of ether oxygens (including phenoxy) is 6. The fourth-order valence-corrected chi connectivity index (χ4v) is 15.7. The van der Waals surface area contributed by atoms with E-state index in [0.717, 1.165) is 58.3 Å². The van der Waals surface area contributed by atoms with E-state index < -0.39 is 148 Å². The fraction of sp³-hybridized carbons (Fsp3) is 0.942. The predicted octanol–water partition coefficient (Wildman–Crippen LogP) is 13.7. The third-order valence-corrected chi connectivity index (χ3v) is 22.7. The molecule has 23 nitrogen and oxygen atoms in total. The Morgan fingerprint density at radius 3 is 1.24 bits per heavy atom. The summed E-state index contributed by atoms with van der Waals surface area (Å²) >= 11 is 0. The van der Waals surface area contributed by atoms with E-state index in [1.54, 1.807) is 0 Å². The van der Waals surface area contributed by atoms with Gasteiger partial charge in [-0.3, -0.25) is 9.59 Å². The molecule has 642 valence electrons. The molecule has 0 bridgehead atoms. The molecule has 0 aromatic carbocycles. The number of hydrogen-bond acceptors (Lipinski definition) is 20. The minimum Gasteiger partial charge on any atom is -0.477 e. The van der Waals surface area contributed by atoms with E-state index in [9.17, 15) is 75.7 Å². The molecule has 18 atom stereocenters.